The van der Waals surface area contributed by atoms with Crippen molar-refractivity contribution in [2.45, 2.75) is 0 Å². The molecule has 1 radical (unpaired) electrons. The molecular formula is C2H5ClO2SY-2. The van der Waals surface area contributed by atoms with Gasteiger partial charge < -0.3 is 7.43 Å². The second kappa shape index (κ2) is 5.48. The van der Waals surface area contributed by atoms with E-state index in [-0.39, 0.29) is 40.1 Å². The summed E-state index contributed by atoms with van der Waals surface area (Å²) in [5.41, 5.74) is 0. The molecule has 0 rings (SSSR count). The Hall–Kier alpha value is 1.34. The molecule has 0 fully saturated rings. The zero-order valence-electron chi connectivity index (χ0n) is 3.89. The largest absolute Gasteiger partial charge is 0.358 e. The van der Waals surface area contributed by atoms with Gasteiger partial charge in [0, 0.05) is 32.7 Å². The third-order valence-corrected chi connectivity index (χ3v) is 0. The molecule has 0 N–H and O–H groups in total. The van der Waals surface area contributed by atoms with Crippen LogP contribution < -0.4 is 0 Å². The predicted octanol–water partition coefficient (Wildman–Crippen LogP) is 0.794. The van der Waals surface area contributed by atoms with Crippen LogP contribution in [0.1, 0.15) is 0 Å². The average molecular weight is 217 g/mol. The summed E-state index contributed by atoms with van der Waals surface area (Å²) in [7, 11) is 0.947. The minimum Gasteiger partial charge on any atom is -0.358 e. The molecule has 0 bridgehead atoms. The van der Waals surface area contributed by atoms with E-state index in [1.54, 1.807) is 0 Å². The van der Waals surface area contributed by atoms with Gasteiger partial charge in [-0.2, -0.15) is 0 Å². The van der Waals surface area contributed by atoms with Crippen molar-refractivity contribution in [1.29, 1.82) is 0 Å². The van der Waals surface area contributed by atoms with E-state index in [1.807, 2.05) is 0 Å². The second-order valence-electron chi connectivity index (χ2n) is 0.539. The Morgan fingerprint density at radius 2 is 1.43 bits per heavy atom. The quantitative estimate of drug-likeness (QED) is 0.444. The summed E-state index contributed by atoms with van der Waals surface area (Å²) in [6.07, 6.45) is 2.51. The fourth-order valence-electron chi connectivity index (χ4n) is 0. The number of hydrogen-bond acceptors (Lipinski definition) is 2. The molecule has 5 heteroatoms. The Bertz CT molecular complexity index is 98.9. The van der Waals surface area contributed by atoms with Crippen LogP contribution in [-0.2, 0) is 41.8 Å². The van der Waals surface area contributed by atoms with Crippen molar-refractivity contribution in [2.24, 2.45) is 0 Å². The first-order valence-corrected chi connectivity index (χ1v) is 3.25. The molecule has 2 nitrogen and oxygen atoms in total. The predicted molar refractivity (Wildman–Crippen MR) is 26.5 cm³/mol. The fraction of sp³-hybridized carbons (Fsp3) is 0. The van der Waals surface area contributed by atoms with E-state index in [1.165, 1.54) is 0 Å². The SMILES string of the molecule is [CH2-]S(=O)(=O)Cl.[CH3-].[Y]. The van der Waals surface area contributed by atoms with Gasteiger partial charge in [-0.25, -0.2) is 14.7 Å². The normalized spacial score (nSPS) is 8.29. The Labute approximate surface area is 73.9 Å². The van der Waals surface area contributed by atoms with Crippen molar-refractivity contribution in [3.63, 3.8) is 0 Å². The smallest absolute Gasteiger partial charge is 0.102 e. The van der Waals surface area contributed by atoms with Gasteiger partial charge in [0.25, 0.3) is 0 Å². The standard InChI is InChI=1S/CH2ClO2S.CH3.Y/c1-5(2,3)4;;/h1H2;1H3;/q2*-1;. The molecule has 0 aliphatic rings. The molecule has 0 aromatic heterocycles. The van der Waals surface area contributed by atoms with E-state index >= 15 is 0 Å². The molecule has 0 saturated carbocycles. The van der Waals surface area contributed by atoms with Crippen molar-refractivity contribution in [3.05, 3.63) is 13.7 Å². The molecule has 0 saturated heterocycles. The molecule has 0 amide bonds. The van der Waals surface area contributed by atoms with Crippen LogP contribution in [0, 0.1) is 13.7 Å². The third kappa shape index (κ3) is 116. The van der Waals surface area contributed by atoms with Crippen LogP contribution in [0.15, 0.2) is 0 Å². The molecule has 0 atom stereocenters. The molecule has 43 valence electrons. The first-order chi connectivity index (χ1) is 2.00. The summed E-state index contributed by atoms with van der Waals surface area (Å²) in [6, 6.07) is 0. The number of halogens is 1. The van der Waals surface area contributed by atoms with E-state index in [9.17, 15) is 8.42 Å². The molecule has 7 heavy (non-hydrogen) atoms. The summed E-state index contributed by atoms with van der Waals surface area (Å²) in [6.45, 7) is 0. The number of hydrogen-bond donors (Lipinski definition) is 0. The average Bonchev–Trinajstić information content (AvgIpc) is 0.722. The van der Waals surface area contributed by atoms with E-state index in [0.717, 1.165) is 0 Å². The van der Waals surface area contributed by atoms with Crippen LogP contribution in [0.4, 0.5) is 0 Å². The van der Waals surface area contributed by atoms with Gasteiger partial charge in [-0.3, -0.25) is 0 Å². The maximum absolute atomic E-state index is 9.29. The Kier molecular flexibility index (Phi) is 12.3. The van der Waals surface area contributed by atoms with Crippen LogP contribution in [0.5, 0.6) is 0 Å². The van der Waals surface area contributed by atoms with Gasteiger partial charge in [-0.05, 0) is 10.7 Å². The van der Waals surface area contributed by atoms with Gasteiger partial charge in [0.15, 0.2) is 0 Å². The van der Waals surface area contributed by atoms with Crippen molar-refractivity contribution >= 4 is 19.7 Å². The summed E-state index contributed by atoms with van der Waals surface area (Å²) in [5, 5.41) is 0. The second-order valence-corrected chi connectivity index (χ2v) is 3.03. The molecule has 0 aliphatic heterocycles. The minimum atomic E-state index is -3.44. The summed E-state index contributed by atoms with van der Waals surface area (Å²) in [5.74, 6) is 0. The van der Waals surface area contributed by atoms with E-state index in [0.29, 0.717) is 0 Å². The van der Waals surface area contributed by atoms with Gasteiger partial charge in [-0.1, -0.05) is 0 Å². The van der Waals surface area contributed by atoms with E-state index < -0.39 is 9.05 Å². The molecular weight excluding hydrogens is 212 g/mol. The zero-order chi connectivity index (χ0) is 4.50. The van der Waals surface area contributed by atoms with Crippen molar-refractivity contribution < 1.29 is 41.1 Å². The topological polar surface area (TPSA) is 34.1 Å². The zero-order valence-corrected chi connectivity index (χ0v) is 8.30. The molecule has 0 unspecified atom stereocenters. The Morgan fingerprint density at radius 1 is 1.43 bits per heavy atom. The molecule has 0 spiro atoms. The van der Waals surface area contributed by atoms with Gasteiger partial charge >= 0.3 is 0 Å². The van der Waals surface area contributed by atoms with Gasteiger partial charge in [0.2, 0.25) is 0 Å². The van der Waals surface area contributed by atoms with Crippen molar-refractivity contribution in [3.8, 4) is 0 Å². The first kappa shape index (κ1) is 15.8. The first-order valence-electron chi connectivity index (χ1n) is 0.776. The van der Waals surface area contributed by atoms with Crippen LogP contribution in [0.25, 0.3) is 0 Å². The van der Waals surface area contributed by atoms with Gasteiger partial charge in [0.1, 0.15) is 9.05 Å². The molecule has 0 aromatic rings. The molecule has 0 aliphatic carbocycles. The summed E-state index contributed by atoms with van der Waals surface area (Å²) < 4.78 is 18.6. The van der Waals surface area contributed by atoms with Crippen LogP contribution >= 0.6 is 10.7 Å². The van der Waals surface area contributed by atoms with Crippen LogP contribution in [0.3, 0.4) is 0 Å². The van der Waals surface area contributed by atoms with Crippen molar-refractivity contribution in [2.75, 3.05) is 0 Å². The molecule has 0 heterocycles. The third-order valence-electron chi connectivity index (χ3n) is 0. The monoisotopic (exact) mass is 217 g/mol. The maximum Gasteiger partial charge on any atom is 0.102 e. The maximum atomic E-state index is 9.29. The fourth-order valence-corrected chi connectivity index (χ4v) is 0. The van der Waals surface area contributed by atoms with E-state index in [2.05, 4.69) is 16.9 Å². The van der Waals surface area contributed by atoms with Gasteiger partial charge in [0.05, 0.1) is 0 Å². The molecule has 0 aromatic carbocycles. The van der Waals surface area contributed by atoms with E-state index in [4.69, 9.17) is 0 Å². The minimum absolute atomic E-state index is 0. The number of rotatable bonds is 0. The Morgan fingerprint density at radius 3 is 1.43 bits per heavy atom. The Balaban J connectivity index is -0.0000000800. The summed E-state index contributed by atoms with van der Waals surface area (Å²) >= 11 is 0. The van der Waals surface area contributed by atoms with Crippen molar-refractivity contribution in [1.82, 2.24) is 0 Å². The van der Waals surface area contributed by atoms with Crippen LogP contribution in [0.2, 0.25) is 0 Å². The van der Waals surface area contributed by atoms with Crippen LogP contribution in [-0.4, -0.2) is 8.42 Å². The summed E-state index contributed by atoms with van der Waals surface area (Å²) in [4.78, 5) is 0. The van der Waals surface area contributed by atoms with Gasteiger partial charge in [-0.15, -0.1) is 0 Å².